The number of halogens is 3. The van der Waals surface area contributed by atoms with Crippen molar-refractivity contribution in [3.05, 3.63) is 35.5 Å². The summed E-state index contributed by atoms with van der Waals surface area (Å²) in [7, 11) is 1.64. The number of aryl methyl sites for hydroxylation is 1. The summed E-state index contributed by atoms with van der Waals surface area (Å²) in [6.45, 7) is 5.39. The molecule has 0 bridgehead atoms. The Hall–Kier alpha value is -2.02. The fraction of sp³-hybridized carbons (Fsp3) is 0.471. The number of hydrogen-bond acceptors (Lipinski definition) is 2. The van der Waals surface area contributed by atoms with Crippen LogP contribution in [0.5, 0.6) is 0 Å². The van der Waals surface area contributed by atoms with Crippen LogP contribution in [0, 0.1) is 0 Å². The van der Waals surface area contributed by atoms with Gasteiger partial charge in [0.2, 0.25) is 0 Å². The first-order valence-corrected chi connectivity index (χ1v) is 7.68. The molecule has 1 unspecified atom stereocenters. The topological polar surface area (TPSA) is 45.5 Å². The maximum atomic E-state index is 12.8. The van der Waals surface area contributed by atoms with Crippen molar-refractivity contribution in [3.8, 4) is 0 Å². The maximum absolute atomic E-state index is 12.8. The number of alkyl halides is 3. The molecular formula is C17H21F3N2O2. The van der Waals surface area contributed by atoms with Gasteiger partial charge in [0.15, 0.2) is 0 Å². The number of carbonyl (C=O) groups excluding carboxylic acids is 1. The number of carbonyl (C=O) groups is 1. The molecule has 0 aliphatic rings. The number of amides is 1. The van der Waals surface area contributed by atoms with E-state index in [4.69, 9.17) is 0 Å². The van der Waals surface area contributed by atoms with Gasteiger partial charge in [-0.15, -0.1) is 0 Å². The molecule has 1 N–H and O–H groups in total. The van der Waals surface area contributed by atoms with Crippen LogP contribution in [-0.2, 0) is 13.2 Å². The van der Waals surface area contributed by atoms with Crippen molar-refractivity contribution in [2.75, 3.05) is 6.54 Å². The first kappa shape index (κ1) is 18.3. The van der Waals surface area contributed by atoms with Gasteiger partial charge in [0.05, 0.1) is 11.7 Å². The average Bonchev–Trinajstić information content (AvgIpc) is 2.79. The van der Waals surface area contributed by atoms with Crippen molar-refractivity contribution in [2.45, 2.75) is 39.1 Å². The van der Waals surface area contributed by atoms with Crippen LogP contribution in [0.1, 0.15) is 36.8 Å². The van der Waals surface area contributed by atoms with E-state index in [0.717, 1.165) is 12.1 Å². The summed E-state index contributed by atoms with van der Waals surface area (Å²) in [5, 5.41) is 9.93. The second-order valence-electron chi connectivity index (χ2n) is 6.26. The van der Waals surface area contributed by atoms with Crippen LogP contribution in [0.25, 0.3) is 10.9 Å². The van der Waals surface area contributed by atoms with Crippen LogP contribution in [-0.4, -0.2) is 39.2 Å². The first-order chi connectivity index (χ1) is 11.0. The summed E-state index contributed by atoms with van der Waals surface area (Å²) in [6, 6.07) is 4.73. The Kier molecular flexibility index (Phi) is 4.94. The van der Waals surface area contributed by atoms with Crippen molar-refractivity contribution >= 4 is 16.8 Å². The Morgan fingerprint density at radius 3 is 2.38 bits per heavy atom. The molecule has 2 rings (SSSR count). The minimum atomic E-state index is -4.43. The molecule has 1 aromatic heterocycles. The molecule has 4 nitrogen and oxygen atoms in total. The molecule has 0 saturated heterocycles. The van der Waals surface area contributed by atoms with E-state index in [9.17, 15) is 23.1 Å². The molecular weight excluding hydrogens is 321 g/mol. The van der Waals surface area contributed by atoms with Gasteiger partial charge >= 0.3 is 6.18 Å². The van der Waals surface area contributed by atoms with Crippen molar-refractivity contribution in [3.63, 3.8) is 0 Å². The molecule has 0 radical (unpaired) electrons. The number of fused-ring (bicyclic) bond motifs is 1. The van der Waals surface area contributed by atoms with Gasteiger partial charge in [-0.3, -0.25) is 4.79 Å². The number of aliphatic hydroxyl groups excluding tert-OH is 1. The van der Waals surface area contributed by atoms with Gasteiger partial charge < -0.3 is 14.6 Å². The third-order valence-electron chi connectivity index (χ3n) is 3.93. The van der Waals surface area contributed by atoms with Gasteiger partial charge in [-0.1, -0.05) is 0 Å². The summed E-state index contributed by atoms with van der Waals surface area (Å²) in [6.07, 6.45) is -5.12. The number of nitrogens with zero attached hydrogens (tertiary/aromatic N) is 2. The highest BCUT2D eigenvalue weighted by atomic mass is 19.4. The molecule has 132 valence electrons. The molecule has 1 heterocycles. The van der Waals surface area contributed by atoms with E-state index < -0.39 is 17.8 Å². The van der Waals surface area contributed by atoms with Crippen LogP contribution in [0.2, 0.25) is 0 Å². The van der Waals surface area contributed by atoms with E-state index in [-0.39, 0.29) is 18.5 Å². The minimum Gasteiger partial charge on any atom is -0.392 e. The predicted molar refractivity (Wildman–Crippen MR) is 85.8 cm³/mol. The molecule has 7 heteroatoms. The van der Waals surface area contributed by atoms with Crippen molar-refractivity contribution in [2.24, 2.45) is 7.05 Å². The predicted octanol–water partition coefficient (Wildman–Crippen LogP) is 3.43. The van der Waals surface area contributed by atoms with Crippen LogP contribution in [0.15, 0.2) is 24.3 Å². The third kappa shape index (κ3) is 3.56. The SMILES string of the molecule is CC(O)CN(C(=O)c1cc2cc(C(F)(F)F)ccc2n1C)C(C)C. The normalized spacial score (nSPS) is 13.5. The molecule has 24 heavy (non-hydrogen) atoms. The van der Waals surface area contributed by atoms with E-state index >= 15 is 0 Å². The van der Waals surface area contributed by atoms with Crippen LogP contribution in [0.3, 0.4) is 0 Å². The lowest BCUT2D eigenvalue weighted by Crippen LogP contribution is -2.42. The van der Waals surface area contributed by atoms with Crippen molar-refractivity contribution < 1.29 is 23.1 Å². The summed E-state index contributed by atoms with van der Waals surface area (Å²) in [4.78, 5) is 14.3. The van der Waals surface area contributed by atoms with E-state index in [1.807, 2.05) is 13.8 Å². The summed E-state index contributed by atoms with van der Waals surface area (Å²) < 4.78 is 40.1. The second kappa shape index (κ2) is 6.47. The van der Waals surface area contributed by atoms with Crippen LogP contribution >= 0.6 is 0 Å². The fourth-order valence-electron chi connectivity index (χ4n) is 2.69. The number of benzene rings is 1. The molecule has 0 spiro atoms. The average molecular weight is 342 g/mol. The Morgan fingerprint density at radius 1 is 1.25 bits per heavy atom. The number of aliphatic hydroxyl groups is 1. The number of hydrogen-bond donors (Lipinski definition) is 1. The third-order valence-corrected chi connectivity index (χ3v) is 3.93. The standard InChI is InChI=1S/C17H21F3N2O2/c1-10(2)22(9-11(3)23)16(24)15-8-12-7-13(17(18,19)20)5-6-14(12)21(15)4/h5-8,10-11,23H,9H2,1-4H3. The second-order valence-corrected chi connectivity index (χ2v) is 6.26. The van der Waals surface area contributed by atoms with Gasteiger partial charge in [-0.2, -0.15) is 13.2 Å². The van der Waals surface area contributed by atoms with E-state index in [0.29, 0.717) is 16.6 Å². The Morgan fingerprint density at radius 2 is 1.88 bits per heavy atom. The molecule has 1 aromatic carbocycles. The van der Waals surface area contributed by atoms with Crippen molar-refractivity contribution in [1.82, 2.24) is 9.47 Å². The van der Waals surface area contributed by atoms with Gasteiger partial charge in [-0.25, -0.2) is 0 Å². The lowest BCUT2D eigenvalue weighted by Gasteiger charge is -2.28. The Balaban J connectivity index is 2.48. The van der Waals surface area contributed by atoms with Crippen LogP contribution in [0.4, 0.5) is 13.2 Å². The minimum absolute atomic E-state index is 0.143. The molecule has 0 fully saturated rings. The van der Waals surface area contributed by atoms with Gasteiger partial charge in [0.25, 0.3) is 5.91 Å². The Labute approximate surface area is 138 Å². The fourth-order valence-corrected chi connectivity index (χ4v) is 2.69. The summed E-state index contributed by atoms with van der Waals surface area (Å²) >= 11 is 0. The molecule has 1 amide bonds. The lowest BCUT2D eigenvalue weighted by atomic mass is 10.1. The zero-order valence-electron chi connectivity index (χ0n) is 14.1. The number of rotatable bonds is 4. The smallest absolute Gasteiger partial charge is 0.392 e. The zero-order chi connectivity index (χ0) is 18.2. The lowest BCUT2D eigenvalue weighted by molar-refractivity contribution is -0.137. The van der Waals surface area contributed by atoms with Gasteiger partial charge in [0, 0.05) is 30.5 Å². The maximum Gasteiger partial charge on any atom is 0.416 e. The van der Waals surface area contributed by atoms with Crippen molar-refractivity contribution in [1.29, 1.82) is 0 Å². The molecule has 0 saturated carbocycles. The number of aromatic nitrogens is 1. The Bertz CT molecular complexity index is 748. The molecule has 0 aliphatic heterocycles. The van der Waals surface area contributed by atoms with Gasteiger partial charge in [0.1, 0.15) is 5.69 Å². The van der Waals surface area contributed by atoms with E-state index in [1.165, 1.54) is 17.0 Å². The molecule has 0 aliphatic carbocycles. The molecule has 2 aromatic rings. The highest BCUT2D eigenvalue weighted by Crippen LogP contribution is 2.32. The highest BCUT2D eigenvalue weighted by molar-refractivity contribution is 5.99. The monoisotopic (exact) mass is 342 g/mol. The zero-order valence-corrected chi connectivity index (χ0v) is 14.1. The first-order valence-electron chi connectivity index (χ1n) is 7.68. The van der Waals surface area contributed by atoms with Crippen LogP contribution < -0.4 is 0 Å². The molecule has 1 atom stereocenters. The van der Waals surface area contributed by atoms with E-state index in [2.05, 4.69) is 0 Å². The summed E-state index contributed by atoms with van der Waals surface area (Å²) in [5.74, 6) is -0.321. The quantitative estimate of drug-likeness (QED) is 0.925. The van der Waals surface area contributed by atoms with Gasteiger partial charge in [-0.05, 0) is 45.0 Å². The summed E-state index contributed by atoms with van der Waals surface area (Å²) in [5.41, 5.74) is 0.0927. The highest BCUT2D eigenvalue weighted by Gasteiger charge is 2.31. The van der Waals surface area contributed by atoms with E-state index in [1.54, 1.807) is 18.5 Å². The largest absolute Gasteiger partial charge is 0.416 e.